The van der Waals surface area contributed by atoms with Gasteiger partial charge in [0.05, 0.1) is 0 Å². The van der Waals surface area contributed by atoms with Crippen LogP contribution in [-0.2, 0) is 6.42 Å². The Morgan fingerprint density at radius 3 is 2.46 bits per heavy atom. The number of aromatic nitrogens is 1. The Morgan fingerprint density at radius 1 is 1.31 bits per heavy atom. The summed E-state index contributed by atoms with van der Waals surface area (Å²) in [6.45, 7) is 5.45. The van der Waals surface area contributed by atoms with E-state index in [4.69, 9.17) is 0 Å². The van der Waals surface area contributed by atoms with Crippen LogP contribution < -0.4 is 0 Å². The maximum Gasteiger partial charge on any atom is 0.0179 e. The van der Waals surface area contributed by atoms with E-state index in [0.29, 0.717) is 0 Å². The van der Waals surface area contributed by atoms with Crippen molar-refractivity contribution in [2.75, 3.05) is 20.6 Å². The first-order valence-corrected chi connectivity index (χ1v) is 4.89. The molecule has 1 rings (SSSR count). The first kappa shape index (κ1) is 10.3. The molecule has 0 aliphatic carbocycles. The average Bonchev–Trinajstić information content (AvgIpc) is 2.29. The minimum Gasteiger partial charge on any atom is -0.362 e. The van der Waals surface area contributed by atoms with Gasteiger partial charge in [-0.05, 0) is 59.0 Å². The van der Waals surface area contributed by atoms with E-state index in [0.717, 1.165) is 13.0 Å². The second-order valence-electron chi connectivity index (χ2n) is 4.02. The first-order chi connectivity index (χ1) is 6.09. The lowest BCUT2D eigenvalue weighted by atomic mass is 10.2. The van der Waals surface area contributed by atoms with Crippen LogP contribution in [0.25, 0.3) is 0 Å². The average molecular weight is 180 g/mol. The molecule has 0 aliphatic rings. The quantitative estimate of drug-likeness (QED) is 0.752. The second kappa shape index (κ2) is 4.47. The zero-order chi connectivity index (χ0) is 9.84. The van der Waals surface area contributed by atoms with Crippen LogP contribution in [0.5, 0.6) is 0 Å². The summed E-state index contributed by atoms with van der Waals surface area (Å²) in [6.07, 6.45) is 2.39. The maximum absolute atomic E-state index is 3.40. The molecule has 0 atom stereocenters. The van der Waals surface area contributed by atoms with E-state index in [1.54, 1.807) is 0 Å². The fourth-order valence-corrected chi connectivity index (χ4v) is 1.62. The number of nitrogens with one attached hydrogen (secondary N) is 1. The fourth-order valence-electron chi connectivity index (χ4n) is 1.62. The van der Waals surface area contributed by atoms with Gasteiger partial charge in [0, 0.05) is 11.4 Å². The Kier molecular flexibility index (Phi) is 3.55. The summed E-state index contributed by atoms with van der Waals surface area (Å²) in [5.41, 5.74) is 4.08. The van der Waals surface area contributed by atoms with Crippen LogP contribution in [0.3, 0.4) is 0 Å². The highest BCUT2D eigenvalue weighted by molar-refractivity contribution is 5.23. The summed E-state index contributed by atoms with van der Waals surface area (Å²) in [5.74, 6) is 0. The number of nitrogens with zero attached hydrogens (tertiary/aromatic N) is 1. The number of aromatic amines is 1. The van der Waals surface area contributed by atoms with Gasteiger partial charge in [-0.2, -0.15) is 0 Å². The van der Waals surface area contributed by atoms with Crippen molar-refractivity contribution in [2.45, 2.75) is 26.7 Å². The number of aryl methyl sites for hydroxylation is 3. The Morgan fingerprint density at radius 2 is 2.00 bits per heavy atom. The molecule has 0 bridgehead atoms. The minimum atomic E-state index is 1.16. The van der Waals surface area contributed by atoms with Crippen LogP contribution in [-0.4, -0.2) is 30.5 Å². The molecule has 1 heterocycles. The van der Waals surface area contributed by atoms with Crippen molar-refractivity contribution in [1.29, 1.82) is 0 Å². The van der Waals surface area contributed by atoms with Crippen molar-refractivity contribution in [3.8, 4) is 0 Å². The Labute approximate surface area is 81.0 Å². The van der Waals surface area contributed by atoms with E-state index in [1.807, 2.05) is 0 Å². The van der Waals surface area contributed by atoms with Gasteiger partial charge in [-0.15, -0.1) is 0 Å². The smallest absolute Gasteiger partial charge is 0.0179 e. The van der Waals surface area contributed by atoms with Crippen molar-refractivity contribution in [3.05, 3.63) is 23.0 Å². The molecule has 0 saturated carbocycles. The summed E-state index contributed by atoms with van der Waals surface area (Å²) in [4.78, 5) is 5.63. The monoisotopic (exact) mass is 180 g/mol. The third-order valence-electron chi connectivity index (χ3n) is 2.29. The number of hydrogen-bond acceptors (Lipinski definition) is 1. The molecule has 2 nitrogen and oxygen atoms in total. The van der Waals surface area contributed by atoms with Crippen molar-refractivity contribution in [1.82, 2.24) is 9.88 Å². The lowest BCUT2D eigenvalue weighted by Crippen LogP contribution is -2.13. The van der Waals surface area contributed by atoms with Crippen LogP contribution in [0.2, 0.25) is 0 Å². The number of hydrogen-bond donors (Lipinski definition) is 1. The predicted molar refractivity (Wildman–Crippen MR) is 57.1 cm³/mol. The summed E-state index contributed by atoms with van der Waals surface area (Å²) in [6, 6.07) is 2.21. The normalized spacial score (nSPS) is 11.2. The van der Waals surface area contributed by atoms with E-state index in [1.165, 1.54) is 23.4 Å². The van der Waals surface area contributed by atoms with Gasteiger partial charge in [0.25, 0.3) is 0 Å². The number of rotatable bonds is 4. The van der Waals surface area contributed by atoms with Gasteiger partial charge < -0.3 is 9.88 Å². The molecule has 0 spiro atoms. The zero-order valence-electron chi connectivity index (χ0n) is 9.15. The Balaban J connectivity index is 2.40. The summed E-state index contributed by atoms with van der Waals surface area (Å²) in [7, 11) is 4.24. The van der Waals surface area contributed by atoms with Crippen molar-refractivity contribution in [2.24, 2.45) is 0 Å². The van der Waals surface area contributed by atoms with Crippen molar-refractivity contribution >= 4 is 0 Å². The lowest BCUT2D eigenvalue weighted by molar-refractivity contribution is 0.399. The molecule has 0 unspecified atom stereocenters. The third kappa shape index (κ3) is 3.23. The van der Waals surface area contributed by atoms with Gasteiger partial charge in [0.15, 0.2) is 0 Å². The minimum absolute atomic E-state index is 1.16. The molecular weight excluding hydrogens is 160 g/mol. The first-order valence-electron chi connectivity index (χ1n) is 4.89. The largest absolute Gasteiger partial charge is 0.362 e. The van der Waals surface area contributed by atoms with E-state index in [-0.39, 0.29) is 0 Å². The van der Waals surface area contributed by atoms with Gasteiger partial charge in [-0.1, -0.05) is 0 Å². The van der Waals surface area contributed by atoms with Gasteiger partial charge in [0.2, 0.25) is 0 Å². The van der Waals surface area contributed by atoms with Gasteiger partial charge in [0.1, 0.15) is 0 Å². The molecule has 0 aromatic carbocycles. The molecule has 0 amide bonds. The molecule has 0 radical (unpaired) electrons. The summed E-state index contributed by atoms with van der Waals surface area (Å²) in [5, 5.41) is 0. The molecule has 2 heteroatoms. The zero-order valence-corrected chi connectivity index (χ0v) is 9.15. The van der Waals surface area contributed by atoms with Crippen LogP contribution in [0.15, 0.2) is 6.07 Å². The van der Waals surface area contributed by atoms with Crippen molar-refractivity contribution in [3.63, 3.8) is 0 Å². The topological polar surface area (TPSA) is 19.0 Å². The van der Waals surface area contributed by atoms with E-state index in [9.17, 15) is 0 Å². The molecule has 13 heavy (non-hydrogen) atoms. The predicted octanol–water partition coefficient (Wildman–Crippen LogP) is 2.13. The molecule has 1 N–H and O–H groups in total. The van der Waals surface area contributed by atoms with Crippen LogP contribution in [0, 0.1) is 13.8 Å². The third-order valence-corrected chi connectivity index (χ3v) is 2.29. The van der Waals surface area contributed by atoms with Crippen LogP contribution >= 0.6 is 0 Å². The number of H-pyrrole nitrogens is 1. The highest BCUT2D eigenvalue weighted by Crippen LogP contribution is 2.10. The maximum atomic E-state index is 3.40. The highest BCUT2D eigenvalue weighted by atomic mass is 15.0. The molecule has 1 aromatic rings. The molecule has 0 saturated heterocycles. The van der Waals surface area contributed by atoms with Crippen LogP contribution in [0.4, 0.5) is 0 Å². The molecule has 1 aromatic heterocycles. The summed E-state index contributed by atoms with van der Waals surface area (Å²) >= 11 is 0. The van der Waals surface area contributed by atoms with E-state index >= 15 is 0 Å². The molecule has 0 aliphatic heterocycles. The molecular formula is C11H20N2. The molecule has 74 valence electrons. The Bertz CT molecular complexity index is 261. The fraction of sp³-hybridized carbons (Fsp3) is 0.636. The van der Waals surface area contributed by atoms with Crippen LogP contribution in [0.1, 0.15) is 23.4 Å². The Hall–Kier alpha value is -0.760. The standard InChI is InChI=1S/C11H20N2/c1-9-8-10(2)12-11(9)6-5-7-13(3)4/h8,12H,5-7H2,1-4H3. The second-order valence-corrected chi connectivity index (χ2v) is 4.02. The van der Waals surface area contributed by atoms with E-state index < -0.39 is 0 Å². The van der Waals surface area contributed by atoms with Crippen molar-refractivity contribution < 1.29 is 0 Å². The van der Waals surface area contributed by atoms with Gasteiger partial charge in [-0.25, -0.2) is 0 Å². The van der Waals surface area contributed by atoms with Gasteiger partial charge in [-0.3, -0.25) is 0 Å². The highest BCUT2D eigenvalue weighted by Gasteiger charge is 2.01. The summed E-state index contributed by atoms with van der Waals surface area (Å²) < 4.78 is 0. The SMILES string of the molecule is Cc1cc(C)c(CCCN(C)C)[nH]1. The lowest BCUT2D eigenvalue weighted by Gasteiger charge is -2.08. The van der Waals surface area contributed by atoms with E-state index in [2.05, 4.69) is 43.9 Å². The molecule has 0 fully saturated rings. The van der Waals surface area contributed by atoms with Gasteiger partial charge >= 0.3 is 0 Å².